The molecule has 1 aliphatic carbocycles. The summed E-state index contributed by atoms with van der Waals surface area (Å²) in [5, 5.41) is 12.0. The Hall–Kier alpha value is -2.14. The van der Waals surface area contributed by atoms with E-state index in [1.807, 2.05) is 24.4 Å². The molecule has 1 heterocycles. The van der Waals surface area contributed by atoms with Crippen LogP contribution in [0, 0.1) is 16.0 Å². The highest BCUT2D eigenvalue weighted by molar-refractivity contribution is 5.90. The van der Waals surface area contributed by atoms with Crippen molar-refractivity contribution < 1.29 is 9.66 Å². The minimum absolute atomic E-state index is 0.128. The number of nitro groups is 1. The molecule has 5 nitrogen and oxygen atoms in total. The Morgan fingerprint density at radius 3 is 2.95 bits per heavy atom. The Morgan fingerprint density at radius 1 is 1.48 bits per heavy atom. The van der Waals surface area contributed by atoms with Crippen LogP contribution in [-0.4, -0.2) is 23.2 Å². The average Bonchev–Trinajstić information content (AvgIpc) is 3.18. The van der Waals surface area contributed by atoms with Crippen LogP contribution in [0.15, 0.2) is 30.5 Å². The summed E-state index contributed by atoms with van der Waals surface area (Å²) in [4.78, 5) is 10.7. The van der Waals surface area contributed by atoms with E-state index >= 15 is 0 Å². The number of hydrogen-bond donors (Lipinski definition) is 0. The monoisotopic (exact) mass is 286 g/mol. The number of benzene rings is 1. The fraction of sp³-hybridized carbons (Fsp3) is 0.375. The number of fused-ring (bicyclic) bond motifs is 1. The van der Waals surface area contributed by atoms with Gasteiger partial charge >= 0.3 is 0 Å². The lowest BCUT2D eigenvalue weighted by Crippen LogP contribution is -1.99. The highest BCUT2D eigenvalue weighted by Crippen LogP contribution is 2.34. The van der Waals surface area contributed by atoms with Crippen LogP contribution >= 0.6 is 0 Å². The van der Waals surface area contributed by atoms with Gasteiger partial charge in [0.05, 0.1) is 17.0 Å². The average molecular weight is 286 g/mol. The van der Waals surface area contributed by atoms with Crippen molar-refractivity contribution in [2.45, 2.75) is 19.4 Å². The van der Waals surface area contributed by atoms with Gasteiger partial charge in [-0.3, -0.25) is 10.1 Å². The largest absolute Gasteiger partial charge is 0.381 e. The van der Waals surface area contributed by atoms with Crippen LogP contribution in [-0.2, 0) is 11.3 Å². The van der Waals surface area contributed by atoms with Gasteiger partial charge in [-0.2, -0.15) is 0 Å². The molecule has 0 amide bonds. The molecule has 110 valence electrons. The van der Waals surface area contributed by atoms with Crippen molar-refractivity contribution in [2.75, 3.05) is 13.7 Å². The van der Waals surface area contributed by atoms with E-state index in [-0.39, 0.29) is 10.6 Å². The molecule has 21 heavy (non-hydrogen) atoms. The van der Waals surface area contributed by atoms with E-state index in [9.17, 15) is 10.1 Å². The van der Waals surface area contributed by atoms with E-state index in [4.69, 9.17) is 4.74 Å². The van der Waals surface area contributed by atoms with Gasteiger partial charge in [0.15, 0.2) is 0 Å². The number of rotatable bonds is 6. The molecule has 0 unspecified atom stereocenters. The molecular formula is C16H18N2O3. The van der Waals surface area contributed by atoms with Gasteiger partial charge in [0.1, 0.15) is 0 Å². The lowest BCUT2D eigenvalue weighted by Gasteiger charge is -2.07. The lowest BCUT2D eigenvalue weighted by molar-refractivity contribution is -0.384. The van der Waals surface area contributed by atoms with Crippen molar-refractivity contribution in [1.82, 2.24) is 4.57 Å². The van der Waals surface area contributed by atoms with Crippen LogP contribution < -0.4 is 0 Å². The van der Waals surface area contributed by atoms with Crippen molar-refractivity contribution in [1.29, 1.82) is 0 Å². The molecule has 5 heteroatoms. The Bertz CT molecular complexity index is 699. The first-order valence-electron chi connectivity index (χ1n) is 7.12. The van der Waals surface area contributed by atoms with Gasteiger partial charge in [-0.25, -0.2) is 0 Å². The minimum atomic E-state index is -0.342. The topological polar surface area (TPSA) is 57.3 Å². The lowest BCUT2D eigenvalue weighted by atomic mass is 10.1. The first kappa shape index (κ1) is 13.8. The summed E-state index contributed by atoms with van der Waals surface area (Å²) >= 11 is 0. The van der Waals surface area contributed by atoms with Crippen molar-refractivity contribution in [3.63, 3.8) is 0 Å². The number of non-ortho nitro benzene ring substituents is 1. The third-order valence-electron chi connectivity index (χ3n) is 3.80. The quantitative estimate of drug-likeness (QED) is 0.602. The first-order chi connectivity index (χ1) is 10.2. The van der Waals surface area contributed by atoms with E-state index in [2.05, 4.69) is 4.57 Å². The summed E-state index contributed by atoms with van der Waals surface area (Å²) < 4.78 is 7.22. The first-order valence-corrected chi connectivity index (χ1v) is 7.12. The zero-order chi connectivity index (χ0) is 14.8. The second-order valence-corrected chi connectivity index (χ2v) is 5.50. The van der Waals surface area contributed by atoms with Crippen molar-refractivity contribution >= 4 is 22.7 Å². The predicted molar refractivity (Wildman–Crippen MR) is 82.2 cm³/mol. The maximum Gasteiger partial charge on any atom is 0.270 e. The van der Waals surface area contributed by atoms with Crippen LogP contribution in [0.3, 0.4) is 0 Å². The molecule has 2 aromatic rings. The molecular weight excluding hydrogens is 268 g/mol. The standard InChI is InChI=1S/C16H18N2O3/c1-21-8-2-3-13-9-15(18(19)20)10-14-6-7-17(16(13)14)11-12-4-5-12/h2-3,6-7,9-10,12H,4-5,8,11H2,1H3. The van der Waals surface area contributed by atoms with E-state index in [0.717, 1.165) is 28.9 Å². The van der Waals surface area contributed by atoms with E-state index in [1.54, 1.807) is 19.2 Å². The fourth-order valence-electron chi connectivity index (χ4n) is 2.60. The SMILES string of the molecule is COCC=Cc1cc([N+](=O)[O-])cc2ccn(CC3CC3)c12. The van der Waals surface area contributed by atoms with Gasteiger partial charge in [0.25, 0.3) is 5.69 Å². The maximum absolute atomic E-state index is 11.1. The van der Waals surface area contributed by atoms with Crippen molar-refractivity contribution in [3.8, 4) is 0 Å². The zero-order valence-corrected chi connectivity index (χ0v) is 12.0. The van der Waals surface area contributed by atoms with Crippen molar-refractivity contribution in [3.05, 3.63) is 46.1 Å². The molecule has 0 radical (unpaired) electrons. The van der Waals surface area contributed by atoms with Gasteiger partial charge in [-0.1, -0.05) is 12.2 Å². The molecule has 1 aromatic carbocycles. The highest BCUT2D eigenvalue weighted by Gasteiger charge is 2.23. The molecule has 1 aliphatic rings. The smallest absolute Gasteiger partial charge is 0.270 e. The van der Waals surface area contributed by atoms with Crippen LogP contribution in [0.1, 0.15) is 18.4 Å². The number of methoxy groups -OCH3 is 1. The molecule has 1 saturated carbocycles. The molecule has 0 N–H and O–H groups in total. The fourth-order valence-corrected chi connectivity index (χ4v) is 2.60. The van der Waals surface area contributed by atoms with Gasteiger partial charge < -0.3 is 9.30 Å². The summed E-state index contributed by atoms with van der Waals surface area (Å²) in [5.41, 5.74) is 2.07. The van der Waals surface area contributed by atoms with E-state index in [1.165, 1.54) is 12.8 Å². The Morgan fingerprint density at radius 2 is 2.29 bits per heavy atom. The molecule has 0 atom stereocenters. The third kappa shape index (κ3) is 2.97. The summed E-state index contributed by atoms with van der Waals surface area (Å²) in [6.45, 7) is 1.49. The molecule has 0 saturated heterocycles. The zero-order valence-electron chi connectivity index (χ0n) is 12.0. The van der Waals surface area contributed by atoms with Crippen LogP contribution in [0.5, 0.6) is 0 Å². The van der Waals surface area contributed by atoms with Crippen LogP contribution in [0.2, 0.25) is 0 Å². The third-order valence-corrected chi connectivity index (χ3v) is 3.80. The second-order valence-electron chi connectivity index (χ2n) is 5.50. The summed E-state index contributed by atoms with van der Waals surface area (Å²) in [7, 11) is 1.63. The summed E-state index contributed by atoms with van der Waals surface area (Å²) in [6, 6.07) is 5.24. The predicted octanol–water partition coefficient (Wildman–Crippen LogP) is 3.62. The van der Waals surface area contributed by atoms with E-state index < -0.39 is 0 Å². The Balaban J connectivity index is 2.08. The molecule has 1 aromatic heterocycles. The molecule has 0 spiro atoms. The minimum Gasteiger partial charge on any atom is -0.381 e. The van der Waals surface area contributed by atoms with E-state index in [0.29, 0.717) is 6.61 Å². The molecule has 1 fully saturated rings. The van der Waals surface area contributed by atoms with Gasteiger partial charge in [-0.05, 0) is 24.8 Å². The molecule has 0 aliphatic heterocycles. The van der Waals surface area contributed by atoms with Crippen molar-refractivity contribution in [2.24, 2.45) is 5.92 Å². The normalized spacial score (nSPS) is 15.1. The Labute approximate surface area is 123 Å². The highest BCUT2D eigenvalue weighted by atomic mass is 16.6. The number of ether oxygens (including phenoxy) is 1. The molecule has 3 rings (SSSR count). The number of nitro benzene ring substituents is 1. The van der Waals surface area contributed by atoms with Crippen LogP contribution in [0.25, 0.3) is 17.0 Å². The summed E-state index contributed by atoms with van der Waals surface area (Å²) in [5.74, 6) is 0.756. The maximum atomic E-state index is 11.1. The Kier molecular flexibility index (Phi) is 3.75. The van der Waals surface area contributed by atoms with Crippen LogP contribution in [0.4, 0.5) is 5.69 Å². The van der Waals surface area contributed by atoms with Gasteiger partial charge in [0, 0.05) is 42.9 Å². The number of hydrogen-bond acceptors (Lipinski definition) is 3. The molecule has 0 bridgehead atoms. The number of nitrogens with zero attached hydrogens (tertiary/aromatic N) is 2. The van der Waals surface area contributed by atoms with Gasteiger partial charge in [0.2, 0.25) is 0 Å². The van der Waals surface area contributed by atoms with Gasteiger partial charge in [-0.15, -0.1) is 0 Å². The summed E-state index contributed by atoms with van der Waals surface area (Å²) in [6.07, 6.45) is 8.37. The number of aromatic nitrogens is 1. The second kappa shape index (κ2) is 5.69.